The van der Waals surface area contributed by atoms with Crippen LogP contribution in [-0.2, 0) is 0 Å². The SMILES string of the molecule is N#Cc1ccccc1-n1c2ccccc2c2cc(C3=CC4c5ccccc5N(c5ccccc5)C4C=C3)ccc21. The van der Waals surface area contributed by atoms with Crippen LogP contribution in [0.3, 0.4) is 0 Å². The number of benzene rings is 5. The Bertz CT molecular complexity index is 2040. The first kappa shape index (κ1) is 22.6. The van der Waals surface area contributed by atoms with Crippen molar-refractivity contribution in [2.45, 2.75) is 12.0 Å². The van der Waals surface area contributed by atoms with Crippen molar-refractivity contribution in [2.75, 3.05) is 4.90 Å². The summed E-state index contributed by atoms with van der Waals surface area (Å²) in [6, 6.07) is 45.2. The van der Waals surface area contributed by atoms with Crippen LogP contribution in [0.1, 0.15) is 22.6 Å². The second kappa shape index (κ2) is 8.86. The first-order valence-electron chi connectivity index (χ1n) is 13.7. The molecule has 0 bridgehead atoms. The van der Waals surface area contributed by atoms with Gasteiger partial charge in [-0.2, -0.15) is 5.26 Å². The topological polar surface area (TPSA) is 32.0 Å². The zero-order valence-electron chi connectivity index (χ0n) is 21.8. The quantitative estimate of drug-likeness (QED) is 0.238. The molecule has 0 radical (unpaired) electrons. The molecule has 2 aliphatic rings. The minimum Gasteiger partial charge on any atom is -0.333 e. The fraction of sp³-hybridized carbons (Fsp3) is 0.0541. The Labute approximate surface area is 233 Å². The van der Waals surface area contributed by atoms with Crippen LogP contribution >= 0.6 is 0 Å². The van der Waals surface area contributed by atoms with Gasteiger partial charge >= 0.3 is 0 Å². The first-order valence-corrected chi connectivity index (χ1v) is 13.7. The molecule has 0 saturated heterocycles. The van der Waals surface area contributed by atoms with Crippen molar-refractivity contribution < 1.29 is 0 Å². The number of nitriles is 1. The van der Waals surface area contributed by atoms with Gasteiger partial charge in [0.25, 0.3) is 0 Å². The number of anilines is 2. The molecule has 3 nitrogen and oxygen atoms in total. The van der Waals surface area contributed by atoms with Crippen LogP contribution < -0.4 is 4.90 Å². The molecule has 0 saturated carbocycles. The van der Waals surface area contributed by atoms with E-state index < -0.39 is 0 Å². The molecule has 0 N–H and O–H groups in total. The molecule has 1 aliphatic heterocycles. The molecule has 8 rings (SSSR count). The molecule has 6 aromatic rings. The average Bonchev–Trinajstić information content (AvgIpc) is 3.53. The maximum atomic E-state index is 9.83. The van der Waals surface area contributed by atoms with Gasteiger partial charge in [-0.05, 0) is 65.2 Å². The van der Waals surface area contributed by atoms with Crippen LogP contribution in [0, 0.1) is 11.3 Å². The fourth-order valence-corrected chi connectivity index (χ4v) is 6.61. The number of hydrogen-bond donors (Lipinski definition) is 0. The zero-order chi connectivity index (χ0) is 26.6. The van der Waals surface area contributed by atoms with E-state index in [9.17, 15) is 5.26 Å². The Kier molecular flexibility index (Phi) is 5.02. The molecule has 1 aliphatic carbocycles. The lowest BCUT2D eigenvalue weighted by Gasteiger charge is -2.29. The number of hydrogen-bond acceptors (Lipinski definition) is 2. The third-order valence-corrected chi connectivity index (χ3v) is 8.36. The molecule has 0 fully saturated rings. The van der Waals surface area contributed by atoms with Gasteiger partial charge < -0.3 is 9.47 Å². The summed E-state index contributed by atoms with van der Waals surface area (Å²) in [6.45, 7) is 0. The summed E-state index contributed by atoms with van der Waals surface area (Å²) >= 11 is 0. The molecule has 2 unspecified atom stereocenters. The van der Waals surface area contributed by atoms with Gasteiger partial charge in [0.1, 0.15) is 6.07 Å². The molecule has 40 heavy (non-hydrogen) atoms. The normalized spacial score (nSPS) is 17.5. The highest BCUT2D eigenvalue weighted by Crippen LogP contribution is 2.49. The average molecular weight is 512 g/mol. The Balaban J connectivity index is 1.27. The number of aromatic nitrogens is 1. The highest BCUT2D eigenvalue weighted by molar-refractivity contribution is 6.10. The molecule has 1 aromatic heterocycles. The molecular formula is C37H25N3. The molecular weight excluding hydrogens is 486 g/mol. The lowest BCUT2D eigenvalue weighted by molar-refractivity contribution is 0.747. The largest absolute Gasteiger partial charge is 0.333 e. The van der Waals surface area contributed by atoms with Crippen molar-refractivity contribution in [2.24, 2.45) is 0 Å². The van der Waals surface area contributed by atoms with Crippen molar-refractivity contribution in [3.8, 4) is 11.8 Å². The summed E-state index contributed by atoms with van der Waals surface area (Å²) in [7, 11) is 0. The molecule has 188 valence electrons. The maximum absolute atomic E-state index is 9.83. The molecule has 0 spiro atoms. The first-order chi connectivity index (χ1) is 19.8. The minimum atomic E-state index is 0.247. The maximum Gasteiger partial charge on any atom is 0.101 e. The van der Waals surface area contributed by atoms with Crippen molar-refractivity contribution in [3.63, 3.8) is 0 Å². The molecule has 0 amide bonds. The Morgan fingerprint density at radius 1 is 0.650 bits per heavy atom. The van der Waals surface area contributed by atoms with Gasteiger partial charge in [0, 0.05) is 28.1 Å². The molecule has 3 heteroatoms. The standard InChI is InChI=1S/C37H25N3/c38-24-27-10-4-7-15-33(27)40-35-17-9-6-14-30(35)32-23-26(19-21-37(32)40)25-18-20-36-31(22-25)29-13-5-8-16-34(29)39(36)28-11-2-1-3-12-28/h1-23,31,36H. The monoisotopic (exact) mass is 511 g/mol. The minimum absolute atomic E-state index is 0.247. The fourth-order valence-electron chi connectivity index (χ4n) is 6.61. The van der Waals surface area contributed by atoms with E-state index in [1.807, 2.05) is 24.3 Å². The predicted octanol–water partition coefficient (Wildman–Crippen LogP) is 8.91. The van der Waals surface area contributed by atoms with E-state index in [0.29, 0.717) is 5.56 Å². The van der Waals surface area contributed by atoms with Crippen LogP contribution in [0.15, 0.2) is 140 Å². The van der Waals surface area contributed by atoms with Crippen molar-refractivity contribution in [1.29, 1.82) is 5.26 Å². The van der Waals surface area contributed by atoms with Gasteiger partial charge in [0.05, 0.1) is 28.3 Å². The smallest absolute Gasteiger partial charge is 0.101 e. The van der Waals surface area contributed by atoms with Gasteiger partial charge in [-0.3, -0.25) is 0 Å². The predicted molar refractivity (Wildman–Crippen MR) is 164 cm³/mol. The summed E-state index contributed by atoms with van der Waals surface area (Å²) in [4.78, 5) is 2.47. The van der Waals surface area contributed by atoms with E-state index >= 15 is 0 Å². The van der Waals surface area contributed by atoms with E-state index in [1.165, 1.54) is 38.8 Å². The summed E-state index contributed by atoms with van der Waals surface area (Å²) in [6.07, 6.45) is 7.09. The summed E-state index contributed by atoms with van der Waals surface area (Å²) in [5.74, 6) is 0.274. The Hall–Kier alpha value is -5.33. The number of rotatable bonds is 3. The van der Waals surface area contributed by atoms with E-state index in [-0.39, 0.29) is 12.0 Å². The van der Waals surface area contributed by atoms with E-state index in [2.05, 4.69) is 131 Å². The summed E-state index contributed by atoms with van der Waals surface area (Å²) in [5, 5.41) is 12.2. The van der Waals surface area contributed by atoms with Crippen LogP contribution in [-0.4, -0.2) is 10.6 Å². The second-order valence-corrected chi connectivity index (χ2v) is 10.5. The third kappa shape index (κ3) is 3.30. The molecule has 2 atom stereocenters. The van der Waals surface area contributed by atoms with Crippen molar-refractivity contribution in [3.05, 3.63) is 156 Å². The number of para-hydroxylation sites is 4. The highest BCUT2D eigenvalue weighted by atomic mass is 15.2. The summed E-state index contributed by atoms with van der Waals surface area (Å²) in [5.41, 5.74) is 10.1. The van der Waals surface area contributed by atoms with E-state index in [4.69, 9.17) is 0 Å². The van der Waals surface area contributed by atoms with Crippen LogP contribution in [0.4, 0.5) is 11.4 Å². The van der Waals surface area contributed by atoms with Gasteiger partial charge in [0.15, 0.2) is 0 Å². The van der Waals surface area contributed by atoms with Crippen molar-refractivity contribution >= 4 is 38.8 Å². The van der Waals surface area contributed by atoms with Crippen LogP contribution in [0.2, 0.25) is 0 Å². The number of nitrogens with zero attached hydrogens (tertiary/aromatic N) is 3. The lowest BCUT2D eigenvalue weighted by Crippen LogP contribution is -2.28. The van der Waals surface area contributed by atoms with Gasteiger partial charge in [-0.25, -0.2) is 0 Å². The van der Waals surface area contributed by atoms with Gasteiger partial charge in [-0.1, -0.05) is 91.0 Å². The van der Waals surface area contributed by atoms with Gasteiger partial charge in [-0.15, -0.1) is 0 Å². The van der Waals surface area contributed by atoms with E-state index in [1.54, 1.807) is 0 Å². The van der Waals surface area contributed by atoms with Gasteiger partial charge in [0.2, 0.25) is 0 Å². The number of allylic oxidation sites excluding steroid dienone is 2. The second-order valence-electron chi connectivity index (χ2n) is 10.5. The molecule has 5 aromatic carbocycles. The van der Waals surface area contributed by atoms with Crippen LogP contribution in [0.5, 0.6) is 0 Å². The van der Waals surface area contributed by atoms with E-state index in [0.717, 1.165) is 16.7 Å². The molecule has 2 heterocycles. The Morgan fingerprint density at radius 3 is 2.25 bits per heavy atom. The third-order valence-electron chi connectivity index (χ3n) is 8.36. The summed E-state index contributed by atoms with van der Waals surface area (Å²) < 4.78 is 2.22. The Morgan fingerprint density at radius 2 is 1.38 bits per heavy atom. The lowest BCUT2D eigenvalue weighted by atomic mass is 9.86. The van der Waals surface area contributed by atoms with Crippen molar-refractivity contribution in [1.82, 2.24) is 4.57 Å². The highest BCUT2D eigenvalue weighted by Gasteiger charge is 2.38. The zero-order valence-corrected chi connectivity index (χ0v) is 21.8. The van der Waals surface area contributed by atoms with Crippen LogP contribution in [0.25, 0.3) is 33.1 Å². The number of fused-ring (bicyclic) bond motifs is 6.